The number of nitrogens with one attached hydrogen (secondary N) is 2. The smallest absolute Gasteiger partial charge is 0.251 e. The van der Waals surface area contributed by atoms with E-state index in [1.54, 1.807) is 42.7 Å². The predicted molar refractivity (Wildman–Crippen MR) is 104 cm³/mol. The topological polar surface area (TPSA) is 97.4 Å². The van der Waals surface area contributed by atoms with Crippen molar-refractivity contribution in [3.05, 3.63) is 83.8 Å². The number of aryl methyl sites for hydroxylation is 1. The third-order valence-electron chi connectivity index (χ3n) is 4.03. The van der Waals surface area contributed by atoms with E-state index >= 15 is 0 Å². The van der Waals surface area contributed by atoms with Crippen LogP contribution >= 0.6 is 0 Å². The third kappa shape index (κ3) is 5.47. The van der Waals surface area contributed by atoms with Crippen molar-refractivity contribution in [2.75, 3.05) is 11.1 Å². The van der Waals surface area contributed by atoms with Crippen molar-refractivity contribution in [2.45, 2.75) is 19.4 Å². The minimum atomic E-state index is -0.203. The van der Waals surface area contributed by atoms with Gasteiger partial charge in [0.05, 0.1) is 12.8 Å². The normalized spacial score (nSPS) is 10.4. The molecule has 6 nitrogen and oxygen atoms in total. The largest absolute Gasteiger partial charge is 0.467 e. The van der Waals surface area contributed by atoms with Gasteiger partial charge in [0, 0.05) is 23.4 Å². The van der Waals surface area contributed by atoms with E-state index in [9.17, 15) is 9.59 Å². The first-order chi connectivity index (χ1) is 13.1. The molecule has 6 heteroatoms. The van der Waals surface area contributed by atoms with Gasteiger partial charge >= 0.3 is 0 Å². The van der Waals surface area contributed by atoms with Crippen LogP contribution in [-0.2, 0) is 17.8 Å². The average molecular weight is 363 g/mol. The van der Waals surface area contributed by atoms with Crippen LogP contribution in [0.25, 0.3) is 0 Å². The first-order valence-electron chi connectivity index (χ1n) is 8.65. The van der Waals surface area contributed by atoms with Gasteiger partial charge in [0.2, 0.25) is 5.91 Å². The highest BCUT2D eigenvalue weighted by Gasteiger charge is 2.08. The Balaban J connectivity index is 1.47. The van der Waals surface area contributed by atoms with E-state index in [1.165, 1.54) is 0 Å². The Morgan fingerprint density at radius 1 is 1.00 bits per heavy atom. The van der Waals surface area contributed by atoms with Gasteiger partial charge in [-0.3, -0.25) is 9.59 Å². The van der Waals surface area contributed by atoms with Crippen molar-refractivity contribution in [2.24, 2.45) is 0 Å². The molecule has 0 aliphatic rings. The number of rotatable bonds is 7. The second-order valence-corrected chi connectivity index (χ2v) is 6.13. The van der Waals surface area contributed by atoms with Crippen LogP contribution in [0.5, 0.6) is 0 Å². The monoisotopic (exact) mass is 363 g/mol. The summed E-state index contributed by atoms with van der Waals surface area (Å²) in [4.78, 5) is 24.2. The summed E-state index contributed by atoms with van der Waals surface area (Å²) in [5.41, 5.74) is 8.61. The third-order valence-corrected chi connectivity index (χ3v) is 4.03. The molecule has 0 unspecified atom stereocenters. The zero-order valence-electron chi connectivity index (χ0n) is 14.8. The van der Waals surface area contributed by atoms with Gasteiger partial charge in [-0.1, -0.05) is 12.1 Å². The molecule has 3 aromatic rings. The van der Waals surface area contributed by atoms with Crippen molar-refractivity contribution < 1.29 is 14.0 Å². The molecular weight excluding hydrogens is 342 g/mol. The summed E-state index contributed by atoms with van der Waals surface area (Å²) >= 11 is 0. The van der Waals surface area contributed by atoms with E-state index in [0.717, 1.165) is 5.56 Å². The highest BCUT2D eigenvalue weighted by Crippen LogP contribution is 2.12. The van der Waals surface area contributed by atoms with E-state index in [1.807, 2.05) is 24.3 Å². The van der Waals surface area contributed by atoms with Crippen LogP contribution in [0.4, 0.5) is 11.4 Å². The number of nitrogens with two attached hydrogens (primary N) is 1. The Labute approximate surface area is 157 Å². The van der Waals surface area contributed by atoms with Crippen LogP contribution in [-0.4, -0.2) is 11.8 Å². The summed E-state index contributed by atoms with van der Waals surface area (Å²) in [6.07, 6.45) is 2.53. The second-order valence-electron chi connectivity index (χ2n) is 6.13. The summed E-state index contributed by atoms with van der Waals surface area (Å²) in [6, 6.07) is 17.8. The van der Waals surface area contributed by atoms with Gasteiger partial charge in [0.1, 0.15) is 5.76 Å². The van der Waals surface area contributed by atoms with Gasteiger partial charge < -0.3 is 20.8 Å². The van der Waals surface area contributed by atoms with Gasteiger partial charge in [-0.2, -0.15) is 0 Å². The first kappa shape index (κ1) is 18.3. The molecule has 138 valence electrons. The van der Waals surface area contributed by atoms with Crippen molar-refractivity contribution in [3.8, 4) is 0 Å². The molecule has 2 aromatic carbocycles. The molecule has 0 aliphatic carbocycles. The SMILES string of the molecule is Nc1cccc(CCC(=O)Nc2ccc(C(=O)NCc3ccco3)cc2)c1. The predicted octanol–water partition coefficient (Wildman–Crippen LogP) is 3.36. The molecule has 0 spiro atoms. The highest BCUT2D eigenvalue weighted by molar-refractivity contribution is 5.95. The van der Waals surface area contributed by atoms with Crippen molar-refractivity contribution in [1.82, 2.24) is 5.32 Å². The highest BCUT2D eigenvalue weighted by atomic mass is 16.3. The van der Waals surface area contributed by atoms with Crippen molar-refractivity contribution >= 4 is 23.2 Å². The van der Waals surface area contributed by atoms with E-state index in [-0.39, 0.29) is 11.8 Å². The molecule has 0 saturated carbocycles. The molecule has 1 aromatic heterocycles. The van der Waals surface area contributed by atoms with Crippen LogP contribution in [0.15, 0.2) is 71.3 Å². The second kappa shape index (κ2) is 8.71. The van der Waals surface area contributed by atoms with Gasteiger partial charge in [-0.25, -0.2) is 0 Å². The van der Waals surface area contributed by atoms with E-state index < -0.39 is 0 Å². The Kier molecular flexibility index (Phi) is 5.89. The quantitative estimate of drug-likeness (QED) is 0.561. The van der Waals surface area contributed by atoms with Crippen LogP contribution in [0, 0.1) is 0 Å². The molecule has 0 saturated heterocycles. The van der Waals surface area contributed by atoms with Gasteiger partial charge in [-0.05, 0) is 60.5 Å². The molecule has 0 fully saturated rings. The number of benzene rings is 2. The zero-order chi connectivity index (χ0) is 19.1. The van der Waals surface area contributed by atoms with E-state index in [2.05, 4.69) is 10.6 Å². The summed E-state index contributed by atoms with van der Waals surface area (Å²) in [7, 11) is 0. The number of hydrogen-bond acceptors (Lipinski definition) is 4. The fourth-order valence-electron chi connectivity index (χ4n) is 2.62. The molecule has 2 amide bonds. The maximum atomic E-state index is 12.1. The number of nitrogen functional groups attached to an aromatic ring is 1. The Morgan fingerprint density at radius 2 is 1.81 bits per heavy atom. The standard InChI is InChI=1S/C21H21N3O3/c22-17-4-1-3-15(13-17)6-11-20(25)24-18-9-7-16(8-10-18)21(26)23-14-19-5-2-12-27-19/h1-5,7-10,12-13H,6,11,14,22H2,(H,23,26)(H,24,25). The fraction of sp³-hybridized carbons (Fsp3) is 0.143. The van der Waals surface area contributed by atoms with Gasteiger partial charge in [0.25, 0.3) is 5.91 Å². The lowest BCUT2D eigenvalue weighted by atomic mass is 10.1. The molecule has 0 bridgehead atoms. The number of anilines is 2. The minimum absolute atomic E-state index is 0.0903. The molecule has 1 heterocycles. The minimum Gasteiger partial charge on any atom is -0.467 e. The molecule has 0 radical (unpaired) electrons. The maximum Gasteiger partial charge on any atom is 0.251 e. The van der Waals surface area contributed by atoms with Crippen LogP contribution in [0.1, 0.15) is 28.1 Å². The lowest BCUT2D eigenvalue weighted by Gasteiger charge is -2.07. The number of hydrogen-bond donors (Lipinski definition) is 3. The average Bonchev–Trinajstić information content (AvgIpc) is 3.19. The molecular formula is C21H21N3O3. The summed E-state index contributed by atoms with van der Waals surface area (Å²) in [5.74, 6) is 0.394. The molecule has 0 aliphatic heterocycles. The van der Waals surface area contributed by atoms with Crippen LogP contribution < -0.4 is 16.4 Å². The Hall–Kier alpha value is -3.54. The summed E-state index contributed by atoms with van der Waals surface area (Å²) in [6.45, 7) is 0.328. The maximum absolute atomic E-state index is 12.1. The zero-order valence-corrected chi connectivity index (χ0v) is 14.8. The number of carbonyl (C=O) groups excluding carboxylic acids is 2. The fourth-order valence-corrected chi connectivity index (χ4v) is 2.62. The molecule has 0 atom stereocenters. The van der Waals surface area contributed by atoms with E-state index in [0.29, 0.717) is 42.1 Å². The first-order valence-corrected chi connectivity index (χ1v) is 8.65. The molecule has 3 rings (SSSR count). The number of furan rings is 1. The lowest BCUT2D eigenvalue weighted by molar-refractivity contribution is -0.116. The molecule has 4 N–H and O–H groups in total. The summed E-state index contributed by atoms with van der Waals surface area (Å²) in [5, 5.41) is 5.60. The Bertz CT molecular complexity index is 903. The number of carbonyl (C=O) groups is 2. The number of amides is 2. The van der Waals surface area contributed by atoms with Crippen molar-refractivity contribution in [1.29, 1.82) is 0 Å². The van der Waals surface area contributed by atoms with Crippen LogP contribution in [0.3, 0.4) is 0 Å². The Morgan fingerprint density at radius 3 is 2.52 bits per heavy atom. The van der Waals surface area contributed by atoms with Crippen LogP contribution in [0.2, 0.25) is 0 Å². The molecule has 27 heavy (non-hydrogen) atoms. The van der Waals surface area contributed by atoms with Crippen molar-refractivity contribution in [3.63, 3.8) is 0 Å². The lowest BCUT2D eigenvalue weighted by Crippen LogP contribution is -2.22. The summed E-state index contributed by atoms with van der Waals surface area (Å²) < 4.78 is 5.17. The van der Waals surface area contributed by atoms with E-state index in [4.69, 9.17) is 10.2 Å². The van der Waals surface area contributed by atoms with Gasteiger partial charge in [-0.15, -0.1) is 0 Å². The van der Waals surface area contributed by atoms with Gasteiger partial charge in [0.15, 0.2) is 0 Å².